The normalized spacial score (nSPS) is 16.4. The van der Waals surface area contributed by atoms with E-state index in [0.717, 1.165) is 45.4 Å². The molecule has 2 aliphatic heterocycles. The fraction of sp³-hybridized carbons (Fsp3) is 0.280. The van der Waals surface area contributed by atoms with Crippen LogP contribution in [0.3, 0.4) is 0 Å². The lowest BCUT2D eigenvalue weighted by atomic mass is 9.94. The van der Waals surface area contributed by atoms with Gasteiger partial charge in [0.2, 0.25) is 0 Å². The Labute approximate surface area is 201 Å². The molecular formula is C25H24N6O2S. The predicted molar refractivity (Wildman–Crippen MR) is 131 cm³/mol. The molecule has 2 aliphatic rings. The first-order valence-corrected chi connectivity index (χ1v) is 12.1. The van der Waals surface area contributed by atoms with Crippen LogP contribution in [0.2, 0.25) is 0 Å². The van der Waals surface area contributed by atoms with Gasteiger partial charge in [0.25, 0.3) is 5.91 Å². The highest BCUT2D eigenvalue weighted by atomic mass is 32.1. The van der Waals surface area contributed by atoms with Crippen molar-refractivity contribution in [3.8, 4) is 16.9 Å². The molecular weight excluding hydrogens is 448 g/mol. The fourth-order valence-electron chi connectivity index (χ4n) is 4.45. The first-order valence-electron chi connectivity index (χ1n) is 11.2. The lowest BCUT2D eigenvalue weighted by Crippen LogP contribution is -2.48. The third kappa shape index (κ3) is 3.81. The molecule has 0 unspecified atom stereocenters. The monoisotopic (exact) mass is 472 g/mol. The summed E-state index contributed by atoms with van der Waals surface area (Å²) >= 11 is 1.45. The number of nitrogens with one attached hydrogen (secondary N) is 1. The Morgan fingerprint density at radius 1 is 1.21 bits per heavy atom. The third-order valence-electron chi connectivity index (χ3n) is 6.04. The van der Waals surface area contributed by atoms with E-state index in [1.165, 1.54) is 11.3 Å². The van der Waals surface area contributed by atoms with Gasteiger partial charge in [-0.2, -0.15) is 5.10 Å². The van der Waals surface area contributed by atoms with Crippen LogP contribution in [0.4, 0.5) is 10.8 Å². The lowest BCUT2D eigenvalue weighted by Gasteiger charge is -2.29. The smallest absolute Gasteiger partial charge is 0.263 e. The topological polar surface area (TPSA) is 85.2 Å². The van der Waals surface area contributed by atoms with Crippen LogP contribution in [-0.4, -0.2) is 44.3 Å². The van der Waals surface area contributed by atoms with Gasteiger partial charge in [0.15, 0.2) is 5.13 Å². The van der Waals surface area contributed by atoms with Gasteiger partial charge in [0.05, 0.1) is 30.7 Å². The van der Waals surface area contributed by atoms with Gasteiger partial charge in [0.1, 0.15) is 17.2 Å². The molecule has 0 radical (unpaired) electrons. The lowest BCUT2D eigenvalue weighted by molar-refractivity contribution is 0.0901. The number of thiazole rings is 1. The molecule has 0 fully saturated rings. The van der Waals surface area contributed by atoms with E-state index in [1.807, 2.05) is 55.3 Å². The van der Waals surface area contributed by atoms with E-state index < -0.39 is 0 Å². The molecule has 5 heterocycles. The van der Waals surface area contributed by atoms with Crippen LogP contribution in [0.5, 0.6) is 5.75 Å². The van der Waals surface area contributed by atoms with Crippen molar-refractivity contribution in [3.05, 3.63) is 71.3 Å². The highest BCUT2D eigenvalue weighted by molar-refractivity contribution is 7.17. The molecule has 9 heteroatoms. The maximum absolute atomic E-state index is 12.6. The number of pyridine rings is 1. The zero-order valence-electron chi connectivity index (χ0n) is 19.0. The van der Waals surface area contributed by atoms with Crippen LogP contribution in [0, 0.1) is 0 Å². The number of amides is 1. The van der Waals surface area contributed by atoms with Crippen LogP contribution in [-0.2, 0) is 13.0 Å². The molecule has 0 atom stereocenters. The molecule has 0 spiro atoms. The molecule has 1 aromatic carbocycles. The molecule has 0 aliphatic carbocycles. The molecule has 34 heavy (non-hydrogen) atoms. The van der Waals surface area contributed by atoms with Crippen molar-refractivity contribution in [2.24, 2.45) is 0 Å². The summed E-state index contributed by atoms with van der Waals surface area (Å²) in [6.07, 6.45) is 8.26. The molecule has 8 nitrogen and oxygen atoms in total. The minimum absolute atomic E-state index is 0.0433. The Morgan fingerprint density at radius 2 is 2.12 bits per heavy atom. The molecule has 1 amide bonds. The van der Waals surface area contributed by atoms with Gasteiger partial charge >= 0.3 is 0 Å². The van der Waals surface area contributed by atoms with E-state index in [1.54, 1.807) is 6.20 Å². The minimum atomic E-state index is -0.290. The van der Waals surface area contributed by atoms with E-state index in [9.17, 15) is 4.79 Å². The Morgan fingerprint density at radius 3 is 2.97 bits per heavy atom. The summed E-state index contributed by atoms with van der Waals surface area (Å²) in [7, 11) is 0. The average Bonchev–Trinajstić information content (AvgIpc) is 3.45. The zero-order chi connectivity index (χ0) is 23.3. The molecule has 0 saturated heterocycles. The van der Waals surface area contributed by atoms with Crippen molar-refractivity contribution in [2.45, 2.75) is 32.4 Å². The van der Waals surface area contributed by atoms with Crippen LogP contribution in [0.25, 0.3) is 11.1 Å². The van der Waals surface area contributed by atoms with E-state index in [-0.39, 0.29) is 11.4 Å². The SMILES string of the molecule is CC1(C)Cc2nc(N3CCOc4ccc(-c5cnn(Cc6cccnc6)c5)cc43)sc2C(=O)N1. The van der Waals surface area contributed by atoms with Crippen molar-refractivity contribution in [1.82, 2.24) is 25.1 Å². The molecule has 3 aromatic heterocycles. The van der Waals surface area contributed by atoms with Gasteiger partial charge in [-0.1, -0.05) is 23.5 Å². The van der Waals surface area contributed by atoms with Crippen LogP contribution in [0.1, 0.15) is 34.8 Å². The van der Waals surface area contributed by atoms with Gasteiger partial charge in [0, 0.05) is 36.1 Å². The molecule has 4 aromatic rings. The number of carbonyl (C=O) groups excluding carboxylic acids is 1. The summed E-state index contributed by atoms with van der Waals surface area (Å²) in [5.41, 5.74) is 4.71. The Bertz CT molecular complexity index is 1380. The van der Waals surface area contributed by atoms with Crippen molar-refractivity contribution in [3.63, 3.8) is 0 Å². The minimum Gasteiger partial charge on any atom is -0.490 e. The summed E-state index contributed by atoms with van der Waals surface area (Å²) in [4.78, 5) is 24.5. The zero-order valence-corrected chi connectivity index (χ0v) is 19.8. The second kappa shape index (κ2) is 7.95. The van der Waals surface area contributed by atoms with Gasteiger partial charge in [-0.25, -0.2) is 4.98 Å². The standard InChI is InChI=1S/C25H24N6O2S/c1-25(2)11-19-22(23(32)29-25)34-24(28-19)31-8-9-33-21-6-5-17(10-20(21)31)18-13-27-30(15-18)14-16-4-3-7-26-12-16/h3-7,10,12-13,15H,8-9,11,14H2,1-2H3,(H,29,32). The van der Waals surface area contributed by atoms with E-state index in [0.29, 0.717) is 24.6 Å². The molecule has 0 bridgehead atoms. The number of anilines is 2. The second-order valence-electron chi connectivity index (χ2n) is 9.26. The number of aromatic nitrogens is 4. The third-order valence-corrected chi connectivity index (χ3v) is 7.16. The summed E-state index contributed by atoms with van der Waals surface area (Å²) < 4.78 is 7.85. The van der Waals surface area contributed by atoms with Crippen molar-refractivity contribution in [1.29, 1.82) is 0 Å². The molecule has 172 valence electrons. The van der Waals surface area contributed by atoms with E-state index in [2.05, 4.69) is 32.4 Å². The number of carbonyl (C=O) groups is 1. The number of nitrogens with zero attached hydrogens (tertiary/aromatic N) is 5. The largest absolute Gasteiger partial charge is 0.490 e. The molecule has 0 saturated carbocycles. The number of rotatable bonds is 4. The summed E-state index contributed by atoms with van der Waals surface area (Å²) in [5.74, 6) is 0.772. The number of hydrogen-bond donors (Lipinski definition) is 1. The van der Waals surface area contributed by atoms with Crippen molar-refractivity contribution >= 4 is 28.1 Å². The van der Waals surface area contributed by atoms with Gasteiger partial charge in [-0.15, -0.1) is 0 Å². The fourth-order valence-corrected chi connectivity index (χ4v) is 5.47. The number of fused-ring (bicyclic) bond motifs is 2. The van der Waals surface area contributed by atoms with Gasteiger partial charge in [-0.3, -0.25) is 14.5 Å². The summed E-state index contributed by atoms with van der Waals surface area (Å²) in [6, 6.07) is 10.1. The highest BCUT2D eigenvalue weighted by Crippen LogP contribution is 2.42. The maximum atomic E-state index is 12.6. The summed E-state index contributed by atoms with van der Waals surface area (Å²) in [6.45, 7) is 5.96. The maximum Gasteiger partial charge on any atom is 0.263 e. The van der Waals surface area contributed by atoms with Crippen LogP contribution in [0.15, 0.2) is 55.1 Å². The molecule has 6 rings (SSSR count). The number of ether oxygens (including phenoxy) is 1. The second-order valence-corrected chi connectivity index (χ2v) is 10.2. The Kier molecular flexibility index (Phi) is 4.88. The predicted octanol–water partition coefficient (Wildman–Crippen LogP) is 4.04. The number of benzene rings is 1. The highest BCUT2D eigenvalue weighted by Gasteiger charge is 2.34. The van der Waals surface area contributed by atoms with Crippen molar-refractivity contribution in [2.75, 3.05) is 18.1 Å². The Hall–Kier alpha value is -3.72. The summed E-state index contributed by atoms with van der Waals surface area (Å²) in [5, 5.41) is 8.43. The molecule has 1 N–H and O–H groups in total. The van der Waals surface area contributed by atoms with Gasteiger partial charge < -0.3 is 15.0 Å². The van der Waals surface area contributed by atoms with E-state index >= 15 is 0 Å². The van der Waals surface area contributed by atoms with Crippen molar-refractivity contribution < 1.29 is 9.53 Å². The van der Waals surface area contributed by atoms with E-state index in [4.69, 9.17) is 9.72 Å². The Balaban J connectivity index is 1.32. The average molecular weight is 473 g/mol. The quantitative estimate of drug-likeness (QED) is 0.482. The number of hydrogen-bond acceptors (Lipinski definition) is 7. The van der Waals surface area contributed by atoms with Crippen LogP contribution >= 0.6 is 11.3 Å². The first kappa shape index (κ1) is 20.9. The first-order chi connectivity index (χ1) is 16.4. The van der Waals surface area contributed by atoms with Gasteiger partial charge in [-0.05, 0) is 43.2 Å². The van der Waals surface area contributed by atoms with Crippen LogP contribution < -0.4 is 15.0 Å².